The lowest BCUT2D eigenvalue weighted by Crippen LogP contribution is -2.42. The van der Waals surface area contributed by atoms with E-state index in [1.165, 1.54) is 6.42 Å². The monoisotopic (exact) mass is 314 g/mol. The second kappa shape index (κ2) is 6.68. The Kier molecular flexibility index (Phi) is 4.26. The number of fused-ring (bicyclic) bond motifs is 1. The molecular weight excluding hydrogens is 292 g/mol. The van der Waals surface area contributed by atoms with Crippen LogP contribution in [0.15, 0.2) is 41.3 Å². The SMILES string of the molecule is c1cnc(NC[C@@H]2OC[C@@H]3CN(Cc4ccco4)CC[C@@H]32)nc1. The second-order valence-corrected chi connectivity index (χ2v) is 6.35. The lowest BCUT2D eigenvalue weighted by molar-refractivity contribution is 0.0937. The summed E-state index contributed by atoms with van der Waals surface area (Å²) in [7, 11) is 0. The van der Waals surface area contributed by atoms with Crippen molar-refractivity contribution in [2.24, 2.45) is 11.8 Å². The molecule has 23 heavy (non-hydrogen) atoms. The van der Waals surface area contributed by atoms with Crippen LogP contribution >= 0.6 is 0 Å². The van der Waals surface area contributed by atoms with E-state index in [-0.39, 0.29) is 6.10 Å². The van der Waals surface area contributed by atoms with Crippen molar-refractivity contribution in [3.05, 3.63) is 42.6 Å². The fourth-order valence-corrected chi connectivity index (χ4v) is 3.72. The highest BCUT2D eigenvalue weighted by molar-refractivity contribution is 5.22. The van der Waals surface area contributed by atoms with Gasteiger partial charge in [0.1, 0.15) is 5.76 Å². The molecule has 2 aromatic heterocycles. The number of hydrogen-bond donors (Lipinski definition) is 1. The van der Waals surface area contributed by atoms with E-state index in [4.69, 9.17) is 9.15 Å². The Balaban J connectivity index is 1.30. The van der Waals surface area contributed by atoms with Crippen molar-refractivity contribution in [3.8, 4) is 0 Å². The minimum Gasteiger partial charge on any atom is -0.468 e. The first-order valence-corrected chi connectivity index (χ1v) is 8.26. The van der Waals surface area contributed by atoms with E-state index in [0.717, 1.165) is 38.5 Å². The van der Waals surface area contributed by atoms with E-state index in [0.29, 0.717) is 17.8 Å². The normalized spacial score (nSPS) is 27.7. The Morgan fingerprint density at radius 2 is 2.17 bits per heavy atom. The predicted octanol–water partition coefficient (Wildman–Crippen LogP) is 2.02. The highest BCUT2D eigenvalue weighted by atomic mass is 16.5. The Labute approximate surface area is 135 Å². The van der Waals surface area contributed by atoms with E-state index in [9.17, 15) is 0 Å². The van der Waals surface area contributed by atoms with Gasteiger partial charge < -0.3 is 14.5 Å². The molecule has 3 atom stereocenters. The summed E-state index contributed by atoms with van der Waals surface area (Å²) in [5.41, 5.74) is 0. The van der Waals surface area contributed by atoms with Crippen LogP contribution in [0.1, 0.15) is 12.2 Å². The molecule has 2 fully saturated rings. The Hall–Kier alpha value is -1.92. The third kappa shape index (κ3) is 3.38. The number of aromatic nitrogens is 2. The van der Waals surface area contributed by atoms with Gasteiger partial charge in [-0.3, -0.25) is 4.90 Å². The maximum absolute atomic E-state index is 6.04. The van der Waals surface area contributed by atoms with Crippen LogP contribution in [0.25, 0.3) is 0 Å². The van der Waals surface area contributed by atoms with Crippen molar-refractivity contribution < 1.29 is 9.15 Å². The number of hydrogen-bond acceptors (Lipinski definition) is 6. The molecule has 0 saturated carbocycles. The van der Waals surface area contributed by atoms with Gasteiger partial charge in [-0.05, 0) is 37.1 Å². The molecule has 2 saturated heterocycles. The van der Waals surface area contributed by atoms with E-state index in [2.05, 4.69) is 20.2 Å². The number of nitrogens with zero attached hydrogens (tertiary/aromatic N) is 3. The summed E-state index contributed by atoms with van der Waals surface area (Å²) >= 11 is 0. The molecule has 0 radical (unpaired) electrons. The summed E-state index contributed by atoms with van der Waals surface area (Å²) in [6.45, 7) is 4.72. The molecule has 2 aliphatic heterocycles. The Morgan fingerprint density at radius 3 is 3.00 bits per heavy atom. The van der Waals surface area contributed by atoms with E-state index < -0.39 is 0 Å². The smallest absolute Gasteiger partial charge is 0.222 e. The van der Waals surface area contributed by atoms with Gasteiger partial charge in [0.25, 0.3) is 0 Å². The van der Waals surface area contributed by atoms with Crippen LogP contribution in [0.5, 0.6) is 0 Å². The number of likely N-dealkylation sites (tertiary alicyclic amines) is 1. The quantitative estimate of drug-likeness (QED) is 0.911. The van der Waals surface area contributed by atoms with Crippen LogP contribution in [0.4, 0.5) is 5.95 Å². The van der Waals surface area contributed by atoms with Crippen molar-refractivity contribution in [1.29, 1.82) is 0 Å². The minimum absolute atomic E-state index is 0.259. The third-order valence-electron chi connectivity index (χ3n) is 4.87. The van der Waals surface area contributed by atoms with Gasteiger partial charge in [-0.25, -0.2) is 9.97 Å². The van der Waals surface area contributed by atoms with E-state index in [1.807, 2.05) is 18.2 Å². The van der Waals surface area contributed by atoms with Gasteiger partial charge in [0, 0.05) is 31.4 Å². The molecule has 0 bridgehead atoms. The van der Waals surface area contributed by atoms with Crippen molar-refractivity contribution in [2.75, 3.05) is 31.6 Å². The van der Waals surface area contributed by atoms with Gasteiger partial charge in [-0.15, -0.1) is 0 Å². The molecule has 0 spiro atoms. The van der Waals surface area contributed by atoms with Crippen molar-refractivity contribution in [1.82, 2.24) is 14.9 Å². The molecule has 0 aliphatic carbocycles. The summed E-state index contributed by atoms with van der Waals surface area (Å²) in [6, 6.07) is 5.82. The number of anilines is 1. The molecule has 1 N–H and O–H groups in total. The molecule has 4 heterocycles. The Bertz CT molecular complexity index is 604. The summed E-state index contributed by atoms with van der Waals surface area (Å²) in [6.07, 6.45) is 6.68. The molecule has 4 rings (SSSR count). The lowest BCUT2D eigenvalue weighted by Gasteiger charge is -2.35. The first-order chi connectivity index (χ1) is 11.4. The summed E-state index contributed by atoms with van der Waals surface area (Å²) < 4.78 is 11.5. The number of nitrogens with one attached hydrogen (secondary N) is 1. The first-order valence-electron chi connectivity index (χ1n) is 8.26. The largest absolute Gasteiger partial charge is 0.468 e. The molecule has 6 heteroatoms. The molecule has 6 nitrogen and oxygen atoms in total. The van der Waals surface area contributed by atoms with Gasteiger partial charge >= 0.3 is 0 Å². The Morgan fingerprint density at radius 1 is 1.26 bits per heavy atom. The van der Waals surface area contributed by atoms with Gasteiger partial charge in [0.15, 0.2) is 0 Å². The molecule has 2 aliphatic rings. The minimum atomic E-state index is 0.259. The summed E-state index contributed by atoms with van der Waals surface area (Å²) in [4.78, 5) is 10.9. The molecule has 2 aromatic rings. The van der Waals surface area contributed by atoms with Crippen LogP contribution in [-0.4, -0.2) is 47.2 Å². The maximum atomic E-state index is 6.04. The first kappa shape index (κ1) is 14.7. The topological polar surface area (TPSA) is 63.4 Å². The van der Waals surface area contributed by atoms with Crippen molar-refractivity contribution in [3.63, 3.8) is 0 Å². The number of furan rings is 1. The fourth-order valence-electron chi connectivity index (χ4n) is 3.72. The van der Waals surface area contributed by atoms with Crippen LogP contribution in [0.3, 0.4) is 0 Å². The van der Waals surface area contributed by atoms with Gasteiger partial charge in [-0.1, -0.05) is 0 Å². The van der Waals surface area contributed by atoms with Gasteiger partial charge in [0.05, 0.1) is 25.5 Å². The fraction of sp³-hybridized carbons (Fsp3) is 0.529. The highest BCUT2D eigenvalue weighted by Crippen LogP contribution is 2.34. The van der Waals surface area contributed by atoms with E-state index in [1.54, 1.807) is 18.7 Å². The van der Waals surface area contributed by atoms with Crippen LogP contribution in [0.2, 0.25) is 0 Å². The standard InChI is InChI=1S/C17H22N4O2/c1-3-14(22-8-1)11-21-7-4-15-13(10-21)12-23-16(15)9-20-17-18-5-2-6-19-17/h1-3,5-6,8,13,15-16H,4,7,9-12H2,(H,18,19,20)/t13-,15-,16-/m0/s1. The third-order valence-corrected chi connectivity index (χ3v) is 4.87. The van der Waals surface area contributed by atoms with Crippen LogP contribution < -0.4 is 5.32 Å². The maximum Gasteiger partial charge on any atom is 0.222 e. The average Bonchev–Trinajstić information content (AvgIpc) is 3.23. The molecule has 0 amide bonds. The molecule has 0 aromatic carbocycles. The van der Waals surface area contributed by atoms with Crippen LogP contribution in [-0.2, 0) is 11.3 Å². The van der Waals surface area contributed by atoms with Crippen LogP contribution in [0, 0.1) is 11.8 Å². The van der Waals surface area contributed by atoms with Gasteiger partial charge in [0.2, 0.25) is 5.95 Å². The van der Waals surface area contributed by atoms with Gasteiger partial charge in [-0.2, -0.15) is 0 Å². The number of rotatable bonds is 5. The number of ether oxygens (including phenoxy) is 1. The summed E-state index contributed by atoms with van der Waals surface area (Å²) in [5, 5.41) is 3.29. The zero-order chi connectivity index (χ0) is 15.5. The lowest BCUT2D eigenvalue weighted by atomic mass is 9.84. The summed E-state index contributed by atoms with van der Waals surface area (Å²) in [5.74, 6) is 2.96. The molecule has 0 unspecified atom stereocenters. The van der Waals surface area contributed by atoms with Crippen molar-refractivity contribution >= 4 is 5.95 Å². The predicted molar refractivity (Wildman–Crippen MR) is 85.8 cm³/mol. The zero-order valence-electron chi connectivity index (χ0n) is 13.1. The van der Waals surface area contributed by atoms with E-state index >= 15 is 0 Å². The zero-order valence-corrected chi connectivity index (χ0v) is 13.1. The van der Waals surface area contributed by atoms with Crippen molar-refractivity contribution in [2.45, 2.75) is 19.1 Å². The highest BCUT2D eigenvalue weighted by Gasteiger charge is 2.40. The number of piperidine rings is 1. The molecular formula is C17H22N4O2. The second-order valence-electron chi connectivity index (χ2n) is 6.35. The molecule has 122 valence electrons. The average molecular weight is 314 g/mol.